The number of carboxylic acid groups (broad SMARTS) is 1. The summed E-state index contributed by atoms with van der Waals surface area (Å²) in [7, 11) is 0. The van der Waals surface area contributed by atoms with Gasteiger partial charge in [0.25, 0.3) is 0 Å². The molecule has 1 aromatic carbocycles. The van der Waals surface area contributed by atoms with Gasteiger partial charge in [-0.1, -0.05) is 18.2 Å². The monoisotopic (exact) mass is 193 g/mol. The number of para-hydroxylation sites is 1. The van der Waals surface area contributed by atoms with E-state index in [1.807, 2.05) is 31.2 Å². The van der Waals surface area contributed by atoms with Gasteiger partial charge in [-0.3, -0.25) is 4.79 Å². The molecule has 0 aliphatic heterocycles. The van der Waals surface area contributed by atoms with E-state index in [0.29, 0.717) is 6.42 Å². The molecule has 0 spiro atoms. The fourth-order valence-corrected chi connectivity index (χ4v) is 1.34. The van der Waals surface area contributed by atoms with Crippen molar-refractivity contribution in [3.8, 4) is 0 Å². The molecule has 2 N–H and O–H groups in total. The van der Waals surface area contributed by atoms with E-state index in [-0.39, 0.29) is 6.42 Å². The first kappa shape index (κ1) is 10.6. The average Bonchev–Trinajstić information content (AvgIpc) is 2.17. The maximum atomic E-state index is 10.4. The minimum atomic E-state index is -0.753. The van der Waals surface area contributed by atoms with E-state index >= 15 is 0 Å². The number of rotatable bonds is 5. The molecule has 0 bridgehead atoms. The van der Waals surface area contributed by atoms with Crippen molar-refractivity contribution in [2.75, 3.05) is 11.9 Å². The van der Waals surface area contributed by atoms with Crippen molar-refractivity contribution in [2.45, 2.75) is 19.8 Å². The zero-order valence-electron chi connectivity index (χ0n) is 8.29. The van der Waals surface area contributed by atoms with Crippen LogP contribution in [0.1, 0.15) is 18.9 Å². The molecule has 0 radical (unpaired) electrons. The Morgan fingerprint density at radius 3 is 2.79 bits per heavy atom. The topological polar surface area (TPSA) is 49.3 Å². The first-order chi connectivity index (χ1) is 6.74. The lowest BCUT2D eigenvalue weighted by molar-refractivity contribution is -0.136. The number of anilines is 1. The van der Waals surface area contributed by atoms with E-state index in [9.17, 15) is 4.79 Å². The van der Waals surface area contributed by atoms with Crippen molar-refractivity contribution in [1.29, 1.82) is 0 Å². The summed E-state index contributed by atoms with van der Waals surface area (Å²) in [4.78, 5) is 10.4. The Balaban J connectivity index is 2.68. The van der Waals surface area contributed by atoms with Gasteiger partial charge in [-0.15, -0.1) is 0 Å². The third-order valence-corrected chi connectivity index (χ3v) is 1.99. The van der Waals surface area contributed by atoms with Crippen molar-refractivity contribution in [1.82, 2.24) is 0 Å². The summed E-state index contributed by atoms with van der Waals surface area (Å²) in [5.41, 5.74) is 2.10. The van der Waals surface area contributed by atoms with E-state index in [1.54, 1.807) is 0 Å². The molecular formula is C11H15NO2. The quantitative estimate of drug-likeness (QED) is 0.753. The maximum absolute atomic E-state index is 10.4. The maximum Gasteiger partial charge on any atom is 0.303 e. The van der Waals surface area contributed by atoms with Gasteiger partial charge in [-0.25, -0.2) is 0 Å². The number of benzene rings is 1. The van der Waals surface area contributed by atoms with Gasteiger partial charge in [0.05, 0.1) is 0 Å². The largest absolute Gasteiger partial charge is 0.481 e. The summed E-state index contributed by atoms with van der Waals surface area (Å²) in [6.45, 7) is 2.87. The van der Waals surface area contributed by atoms with Gasteiger partial charge in [-0.2, -0.15) is 0 Å². The van der Waals surface area contributed by atoms with Crippen molar-refractivity contribution < 1.29 is 9.90 Å². The molecule has 0 saturated carbocycles. The number of aliphatic carboxylic acids is 1. The number of hydrogen-bond acceptors (Lipinski definition) is 2. The van der Waals surface area contributed by atoms with Gasteiger partial charge >= 0.3 is 5.97 Å². The standard InChI is InChI=1S/C11H15NO2/c1-2-12-10-6-4-3-5-9(10)7-8-11(13)14/h3-6,12H,2,7-8H2,1H3,(H,13,14). The Morgan fingerprint density at radius 2 is 2.14 bits per heavy atom. The Labute approximate surface area is 83.8 Å². The second-order valence-electron chi connectivity index (χ2n) is 3.08. The molecule has 0 unspecified atom stereocenters. The fraction of sp³-hybridized carbons (Fsp3) is 0.364. The normalized spacial score (nSPS) is 9.79. The third kappa shape index (κ3) is 3.09. The molecule has 3 nitrogen and oxygen atoms in total. The Morgan fingerprint density at radius 1 is 1.43 bits per heavy atom. The van der Waals surface area contributed by atoms with Gasteiger partial charge in [0.2, 0.25) is 0 Å². The summed E-state index contributed by atoms with van der Waals surface area (Å²) in [6, 6.07) is 7.81. The second-order valence-corrected chi connectivity index (χ2v) is 3.08. The third-order valence-electron chi connectivity index (χ3n) is 1.99. The van der Waals surface area contributed by atoms with Gasteiger partial charge < -0.3 is 10.4 Å². The molecule has 1 aromatic rings. The highest BCUT2D eigenvalue weighted by Gasteiger charge is 2.03. The van der Waals surface area contributed by atoms with Crippen molar-refractivity contribution in [2.24, 2.45) is 0 Å². The van der Waals surface area contributed by atoms with Crippen molar-refractivity contribution in [3.05, 3.63) is 29.8 Å². The van der Waals surface area contributed by atoms with Gasteiger partial charge in [0.15, 0.2) is 0 Å². The van der Waals surface area contributed by atoms with Crippen LogP contribution >= 0.6 is 0 Å². The van der Waals surface area contributed by atoms with Crippen LogP contribution in [0.2, 0.25) is 0 Å². The molecule has 3 heteroatoms. The van der Waals surface area contributed by atoms with E-state index in [1.165, 1.54) is 0 Å². The van der Waals surface area contributed by atoms with Crippen LogP contribution in [-0.2, 0) is 11.2 Å². The molecule has 76 valence electrons. The number of carboxylic acids is 1. The Kier molecular flexibility index (Phi) is 3.98. The van der Waals surface area contributed by atoms with Crippen LogP contribution in [0.3, 0.4) is 0 Å². The SMILES string of the molecule is CCNc1ccccc1CCC(=O)O. The molecule has 0 heterocycles. The van der Waals surface area contributed by atoms with E-state index in [0.717, 1.165) is 17.8 Å². The zero-order valence-corrected chi connectivity index (χ0v) is 8.29. The van der Waals surface area contributed by atoms with Crippen LogP contribution in [0.25, 0.3) is 0 Å². The molecule has 14 heavy (non-hydrogen) atoms. The molecule has 0 fully saturated rings. The lowest BCUT2D eigenvalue weighted by Crippen LogP contribution is -2.03. The Bertz CT molecular complexity index is 310. The number of aryl methyl sites for hydroxylation is 1. The summed E-state index contributed by atoms with van der Waals surface area (Å²) in [6.07, 6.45) is 0.765. The molecule has 0 saturated heterocycles. The van der Waals surface area contributed by atoms with Crippen LogP contribution in [0, 0.1) is 0 Å². The number of carbonyl (C=O) groups is 1. The fourth-order valence-electron chi connectivity index (χ4n) is 1.34. The zero-order chi connectivity index (χ0) is 10.4. The van der Waals surface area contributed by atoms with Crippen LogP contribution in [-0.4, -0.2) is 17.6 Å². The van der Waals surface area contributed by atoms with E-state index in [2.05, 4.69) is 5.32 Å². The van der Waals surface area contributed by atoms with Crippen molar-refractivity contribution in [3.63, 3.8) is 0 Å². The van der Waals surface area contributed by atoms with Crippen molar-refractivity contribution >= 4 is 11.7 Å². The number of nitrogens with one attached hydrogen (secondary N) is 1. The highest BCUT2D eigenvalue weighted by molar-refractivity contribution is 5.67. The predicted octanol–water partition coefficient (Wildman–Crippen LogP) is 2.14. The predicted molar refractivity (Wildman–Crippen MR) is 56.6 cm³/mol. The van der Waals surface area contributed by atoms with Crippen LogP contribution < -0.4 is 5.32 Å². The summed E-state index contributed by atoms with van der Waals surface area (Å²) in [5, 5.41) is 11.8. The summed E-state index contributed by atoms with van der Waals surface area (Å²) in [5.74, 6) is -0.753. The van der Waals surface area contributed by atoms with Crippen LogP contribution in [0.5, 0.6) is 0 Å². The van der Waals surface area contributed by atoms with Gasteiger partial charge in [-0.05, 0) is 25.0 Å². The molecule has 0 atom stereocenters. The minimum Gasteiger partial charge on any atom is -0.481 e. The smallest absolute Gasteiger partial charge is 0.303 e. The molecule has 1 rings (SSSR count). The van der Waals surface area contributed by atoms with E-state index < -0.39 is 5.97 Å². The highest BCUT2D eigenvalue weighted by atomic mass is 16.4. The molecule has 0 aromatic heterocycles. The minimum absolute atomic E-state index is 0.183. The van der Waals surface area contributed by atoms with Crippen LogP contribution in [0.4, 0.5) is 5.69 Å². The molecule has 0 aliphatic rings. The Hall–Kier alpha value is -1.51. The lowest BCUT2D eigenvalue weighted by Gasteiger charge is -2.08. The second kappa shape index (κ2) is 5.27. The molecular weight excluding hydrogens is 178 g/mol. The van der Waals surface area contributed by atoms with Gasteiger partial charge in [0, 0.05) is 18.7 Å². The summed E-state index contributed by atoms with van der Waals surface area (Å²) >= 11 is 0. The highest BCUT2D eigenvalue weighted by Crippen LogP contribution is 2.16. The summed E-state index contributed by atoms with van der Waals surface area (Å²) < 4.78 is 0. The lowest BCUT2D eigenvalue weighted by atomic mass is 10.1. The van der Waals surface area contributed by atoms with E-state index in [4.69, 9.17) is 5.11 Å². The molecule has 0 aliphatic carbocycles. The van der Waals surface area contributed by atoms with Gasteiger partial charge in [0.1, 0.15) is 0 Å². The molecule has 0 amide bonds. The van der Waals surface area contributed by atoms with Crippen LogP contribution in [0.15, 0.2) is 24.3 Å². The first-order valence-electron chi connectivity index (χ1n) is 4.77. The average molecular weight is 193 g/mol. The number of hydrogen-bond donors (Lipinski definition) is 2. The first-order valence-corrected chi connectivity index (χ1v) is 4.77.